The number of benzene rings is 2. The summed E-state index contributed by atoms with van der Waals surface area (Å²) in [4.78, 5) is 4.22. The van der Waals surface area contributed by atoms with Crippen molar-refractivity contribution < 1.29 is 27.4 Å². The Morgan fingerprint density at radius 3 is 2.38 bits per heavy atom. The van der Waals surface area contributed by atoms with Crippen molar-refractivity contribution in [2.75, 3.05) is 14.2 Å². The smallest absolute Gasteiger partial charge is 0.170 e. The highest BCUT2D eigenvalue weighted by Crippen LogP contribution is 2.37. The number of aromatic nitrogens is 4. The molecule has 0 spiro atoms. The zero-order chi connectivity index (χ0) is 28.3. The van der Waals surface area contributed by atoms with Crippen molar-refractivity contribution in [3.05, 3.63) is 83.2 Å². The van der Waals surface area contributed by atoms with Gasteiger partial charge in [0.05, 0.1) is 37.2 Å². The highest BCUT2D eigenvalue weighted by atomic mass is 32.2. The fraction of sp³-hybridized carbons (Fsp3) is 0.259. The van der Waals surface area contributed by atoms with Crippen LogP contribution in [0.1, 0.15) is 35.5 Å². The second-order valence-electron chi connectivity index (χ2n) is 8.84. The van der Waals surface area contributed by atoms with Crippen molar-refractivity contribution in [1.29, 1.82) is 5.26 Å². The van der Waals surface area contributed by atoms with E-state index in [4.69, 9.17) is 14.7 Å². The van der Waals surface area contributed by atoms with Gasteiger partial charge in [0.15, 0.2) is 21.5 Å². The third-order valence-electron chi connectivity index (χ3n) is 6.28. The minimum absolute atomic E-state index is 0.0219. The zero-order valence-corrected chi connectivity index (χ0v) is 22.5. The molecule has 4 rings (SSSR count). The normalized spacial score (nSPS) is 12.9. The van der Waals surface area contributed by atoms with Crippen LogP contribution >= 0.6 is 0 Å². The molecule has 0 radical (unpaired) electrons. The van der Waals surface area contributed by atoms with Crippen LogP contribution in [0.25, 0.3) is 17.1 Å². The monoisotopic (exact) mass is 551 g/mol. The summed E-state index contributed by atoms with van der Waals surface area (Å²) in [5.41, 5.74) is 1.62. The number of methoxy groups -OCH3 is 2. The molecule has 1 N–H and O–H groups in total. The van der Waals surface area contributed by atoms with Crippen LogP contribution in [0.5, 0.6) is 11.5 Å². The van der Waals surface area contributed by atoms with Crippen LogP contribution in [-0.2, 0) is 15.6 Å². The topological polar surface area (TPSA) is 140 Å². The van der Waals surface area contributed by atoms with E-state index in [-0.39, 0.29) is 17.0 Å². The quantitative estimate of drug-likeness (QED) is 0.330. The lowest BCUT2D eigenvalue weighted by Crippen LogP contribution is -2.28. The second-order valence-corrected chi connectivity index (χ2v) is 11.2. The Labute approximate surface area is 225 Å². The molecule has 0 unspecified atom stereocenters. The maximum Gasteiger partial charge on any atom is 0.170 e. The molecular formula is C27H26FN5O5S. The van der Waals surface area contributed by atoms with Crippen molar-refractivity contribution >= 4 is 9.84 Å². The average Bonchev–Trinajstić information content (AvgIpc) is 3.33. The number of nitriles is 1. The van der Waals surface area contributed by atoms with Gasteiger partial charge in [-0.15, -0.1) is 10.2 Å². The number of para-hydroxylation sites is 1. The van der Waals surface area contributed by atoms with E-state index in [2.05, 4.69) is 15.2 Å². The highest BCUT2D eigenvalue weighted by molar-refractivity contribution is 7.91. The summed E-state index contributed by atoms with van der Waals surface area (Å²) in [5.74, 6) is -0.444. The first-order valence-corrected chi connectivity index (χ1v) is 13.5. The minimum atomic E-state index is -4.14. The number of ether oxygens (including phenoxy) is 2. The number of pyridine rings is 1. The first kappa shape index (κ1) is 27.7. The maximum absolute atomic E-state index is 14.6. The van der Waals surface area contributed by atoms with Gasteiger partial charge in [0, 0.05) is 23.5 Å². The molecule has 0 saturated heterocycles. The molecule has 0 aliphatic carbocycles. The predicted molar refractivity (Wildman–Crippen MR) is 141 cm³/mol. The molecule has 10 nitrogen and oxygen atoms in total. The van der Waals surface area contributed by atoms with Gasteiger partial charge in [-0.05, 0) is 49.7 Å². The molecule has 0 amide bonds. The Morgan fingerprint density at radius 2 is 1.79 bits per heavy atom. The third kappa shape index (κ3) is 5.45. The van der Waals surface area contributed by atoms with Gasteiger partial charge in [0.25, 0.3) is 0 Å². The Kier molecular flexibility index (Phi) is 7.94. The standard InChI is InChI=1S/C27H26FN5O5S/c1-16-10-19(14-30-13-16)27-32-31-24(33(27)25-22(37-3)6-5-7-23(25)38-4)15-39(35,36)17(2)26(34)20-9-8-18(12-29)11-21(20)28/h5-11,13-14,17,26,34H,15H2,1-4H3/t17-,26-/m0/s1. The zero-order valence-electron chi connectivity index (χ0n) is 21.7. The minimum Gasteiger partial charge on any atom is -0.494 e. The highest BCUT2D eigenvalue weighted by Gasteiger charge is 2.34. The van der Waals surface area contributed by atoms with E-state index in [1.807, 2.05) is 13.0 Å². The van der Waals surface area contributed by atoms with Crippen LogP contribution in [0.3, 0.4) is 0 Å². The molecule has 4 aromatic rings. The summed E-state index contributed by atoms with van der Waals surface area (Å²) in [6.45, 7) is 3.14. The van der Waals surface area contributed by atoms with Crippen molar-refractivity contribution in [1.82, 2.24) is 19.7 Å². The SMILES string of the molecule is COc1cccc(OC)c1-n1c(CS(=O)(=O)[C@@H](C)[C@H](O)c2ccc(C#N)cc2F)nnc1-c1cncc(C)c1. The van der Waals surface area contributed by atoms with Gasteiger partial charge in [0.2, 0.25) is 0 Å². The lowest BCUT2D eigenvalue weighted by atomic mass is 10.0. The number of halogens is 1. The lowest BCUT2D eigenvalue weighted by Gasteiger charge is -2.21. The lowest BCUT2D eigenvalue weighted by molar-refractivity contribution is 0.171. The number of nitrogens with zero attached hydrogens (tertiary/aromatic N) is 5. The summed E-state index contributed by atoms with van der Waals surface area (Å²) >= 11 is 0. The van der Waals surface area contributed by atoms with E-state index in [0.29, 0.717) is 28.6 Å². The summed E-state index contributed by atoms with van der Waals surface area (Å²) in [5, 5.41) is 26.8. The molecule has 2 atom stereocenters. The fourth-order valence-corrected chi connectivity index (χ4v) is 5.51. The Hall–Kier alpha value is -4.34. The van der Waals surface area contributed by atoms with Gasteiger partial charge in [0.1, 0.15) is 28.8 Å². The molecule has 0 bridgehead atoms. The van der Waals surface area contributed by atoms with Crippen LogP contribution < -0.4 is 9.47 Å². The van der Waals surface area contributed by atoms with E-state index in [1.165, 1.54) is 37.8 Å². The molecule has 0 aliphatic rings. The fourth-order valence-electron chi connectivity index (χ4n) is 4.16. The number of hydrogen-bond donors (Lipinski definition) is 1. The van der Waals surface area contributed by atoms with E-state index in [0.717, 1.165) is 11.6 Å². The van der Waals surface area contributed by atoms with Crippen molar-refractivity contribution in [3.63, 3.8) is 0 Å². The van der Waals surface area contributed by atoms with E-state index in [9.17, 15) is 17.9 Å². The molecule has 202 valence electrons. The van der Waals surface area contributed by atoms with Crippen molar-refractivity contribution in [2.24, 2.45) is 0 Å². The predicted octanol–water partition coefficient (Wildman–Crippen LogP) is 3.70. The third-order valence-corrected chi connectivity index (χ3v) is 8.33. The molecule has 2 heterocycles. The van der Waals surface area contributed by atoms with Gasteiger partial charge in [-0.1, -0.05) is 12.1 Å². The number of hydrogen-bond acceptors (Lipinski definition) is 9. The summed E-state index contributed by atoms with van der Waals surface area (Å²) in [6.07, 6.45) is 1.55. The van der Waals surface area contributed by atoms with E-state index in [1.54, 1.807) is 36.7 Å². The Morgan fingerprint density at radius 1 is 1.10 bits per heavy atom. The average molecular weight is 552 g/mol. The number of aliphatic hydroxyl groups is 1. The largest absolute Gasteiger partial charge is 0.494 e. The van der Waals surface area contributed by atoms with Gasteiger partial charge in [-0.3, -0.25) is 9.55 Å². The summed E-state index contributed by atoms with van der Waals surface area (Å²) in [6, 6.07) is 12.2. The van der Waals surface area contributed by atoms with Crippen LogP contribution in [0, 0.1) is 24.1 Å². The van der Waals surface area contributed by atoms with Gasteiger partial charge in [-0.2, -0.15) is 5.26 Å². The van der Waals surface area contributed by atoms with Crippen molar-refractivity contribution in [3.8, 4) is 34.6 Å². The molecular weight excluding hydrogens is 525 g/mol. The van der Waals surface area contributed by atoms with E-state index < -0.39 is 32.8 Å². The van der Waals surface area contributed by atoms with Crippen LogP contribution in [0.15, 0.2) is 54.9 Å². The molecule has 0 aliphatic heterocycles. The number of rotatable bonds is 9. The first-order chi connectivity index (χ1) is 18.6. The summed E-state index contributed by atoms with van der Waals surface area (Å²) < 4.78 is 54.3. The van der Waals surface area contributed by atoms with Crippen molar-refractivity contribution in [2.45, 2.75) is 31.0 Å². The summed E-state index contributed by atoms with van der Waals surface area (Å²) in [7, 11) is -1.20. The van der Waals surface area contributed by atoms with Crippen LogP contribution in [-0.4, -0.2) is 52.7 Å². The first-order valence-electron chi connectivity index (χ1n) is 11.8. The number of sulfone groups is 1. The molecule has 2 aromatic carbocycles. The second kappa shape index (κ2) is 11.2. The molecule has 0 saturated carbocycles. The van der Waals surface area contributed by atoms with Crippen LogP contribution in [0.2, 0.25) is 0 Å². The maximum atomic E-state index is 14.6. The van der Waals surface area contributed by atoms with Crippen LogP contribution in [0.4, 0.5) is 4.39 Å². The number of aliphatic hydroxyl groups excluding tert-OH is 1. The van der Waals surface area contributed by atoms with Gasteiger partial charge >= 0.3 is 0 Å². The Balaban J connectivity index is 1.83. The number of aryl methyl sites for hydroxylation is 1. The molecule has 12 heteroatoms. The molecule has 39 heavy (non-hydrogen) atoms. The van der Waals surface area contributed by atoms with E-state index >= 15 is 0 Å². The van der Waals surface area contributed by atoms with Gasteiger partial charge < -0.3 is 14.6 Å². The molecule has 0 fully saturated rings. The van der Waals surface area contributed by atoms with Gasteiger partial charge in [-0.25, -0.2) is 12.8 Å². The molecule has 2 aromatic heterocycles. The Bertz CT molecular complexity index is 1640.